The average Bonchev–Trinajstić information content (AvgIpc) is 2.69. The number of likely N-dealkylation sites (tertiary alicyclic amines) is 1. The highest BCUT2D eigenvalue weighted by Gasteiger charge is 2.24. The molecule has 0 spiro atoms. The third-order valence-corrected chi connectivity index (χ3v) is 5.63. The molecule has 27 heavy (non-hydrogen) atoms. The summed E-state index contributed by atoms with van der Waals surface area (Å²) in [5.41, 5.74) is 3.70. The maximum absolute atomic E-state index is 13.1. The Morgan fingerprint density at radius 3 is 2.52 bits per heavy atom. The molecule has 1 N–H and O–H groups in total. The van der Waals surface area contributed by atoms with E-state index in [2.05, 4.69) is 5.32 Å². The van der Waals surface area contributed by atoms with Crippen LogP contribution in [0, 0.1) is 5.82 Å². The molecule has 4 nitrogen and oxygen atoms in total. The van der Waals surface area contributed by atoms with E-state index >= 15 is 0 Å². The van der Waals surface area contributed by atoms with E-state index in [1.165, 1.54) is 12.1 Å². The molecule has 2 amide bonds. The smallest absolute Gasteiger partial charge is 0.321 e. The van der Waals surface area contributed by atoms with E-state index in [-0.39, 0.29) is 17.6 Å². The second-order valence-electron chi connectivity index (χ2n) is 7.39. The number of rotatable bonds is 2. The Labute approximate surface area is 158 Å². The number of benzene rings is 2. The van der Waals surface area contributed by atoms with Gasteiger partial charge in [-0.1, -0.05) is 12.1 Å². The predicted octanol–water partition coefficient (Wildman–Crippen LogP) is 4.76. The first-order valence-corrected chi connectivity index (χ1v) is 9.57. The maximum Gasteiger partial charge on any atom is 0.321 e. The van der Waals surface area contributed by atoms with Crippen molar-refractivity contribution in [3.05, 3.63) is 65.0 Å². The minimum Gasteiger partial charge on any atom is -0.324 e. The number of hydrogen-bond donors (Lipinski definition) is 1. The van der Waals surface area contributed by atoms with Gasteiger partial charge in [0.25, 0.3) is 0 Å². The van der Waals surface area contributed by atoms with Crippen molar-refractivity contribution in [3.8, 4) is 0 Å². The van der Waals surface area contributed by atoms with E-state index in [0.717, 1.165) is 48.1 Å². The summed E-state index contributed by atoms with van der Waals surface area (Å²) in [6.45, 7) is 1.36. The van der Waals surface area contributed by atoms with Crippen molar-refractivity contribution >= 4 is 17.5 Å². The first kappa shape index (κ1) is 17.7. The molecule has 1 heterocycles. The normalized spacial score (nSPS) is 17.5. The zero-order valence-corrected chi connectivity index (χ0v) is 15.2. The lowest BCUT2D eigenvalue weighted by molar-refractivity contribution is 0.0972. The Morgan fingerprint density at radius 1 is 1.04 bits per heavy atom. The molecule has 0 saturated carbocycles. The van der Waals surface area contributed by atoms with Crippen molar-refractivity contribution in [2.24, 2.45) is 0 Å². The third kappa shape index (κ3) is 3.87. The SMILES string of the molecule is O=C1CCCc2cc(NC(=O)N3CCC(c4ccc(F)cc4)CC3)ccc21. The van der Waals surface area contributed by atoms with Gasteiger partial charge in [0.05, 0.1) is 0 Å². The van der Waals surface area contributed by atoms with Crippen LogP contribution in [-0.4, -0.2) is 29.8 Å². The van der Waals surface area contributed by atoms with Crippen LogP contribution in [0.1, 0.15) is 53.1 Å². The lowest BCUT2D eigenvalue weighted by Gasteiger charge is -2.32. The van der Waals surface area contributed by atoms with E-state index in [4.69, 9.17) is 0 Å². The van der Waals surface area contributed by atoms with Gasteiger partial charge >= 0.3 is 6.03 Å². The lowest BCUT2D eigenvalue weighted by Crippen LogP contribution is -2.40. The van der Waals surface area contributed by atoms with Gasteiger partial charge in [-0.2, -0.15) is 0 Å². The van der Waals surface area contributed by atoms with Crippen LogP contribution >= 0.6 is 0 Å². The second kappa shape index (κ2) is 7.51. The highest BCUT2D eigenvalue weighted by atomic mass is 19.1. The summed E-state index contributed by atoms with van der Waals surface area (Å²) in [7, 11) is 0. The Balaban J connectivity index is 1.36. The van der Waals surface area contributed by atoms with Gasteiger partial charge < -0.3 is 10.2 Å². The maximum atomic E-state index is 13.1. The minimum absolute atomic E-state index is 0.102. The van der Waals surface area contributed by atoms with Crippen LogP contribution in [0.15, 0.2) is 42.5 Å². The number of carbonyl (C=O) groups excluding carboxylic acids is 2. The van der Waals surface area contributed by atoms with Crippen molar-refractivity contribution < 1.29 is 14.0 Å². The van der Waals surface area contributed by atoms with Gasteiger partial charge in [-0.15, -0.1) is 0 Å². The number of nitrogens with zero attached hydrogens (tertiary/aromatic N) is 1. The number of hydrogen-bond acceptors (Lipinski definition) is 2. The van der Waals surface area contributed by atoms with Crippen LogP contribution in [0.5, 0.6) is 0 Å². The summed E-state index contributed by atoms with van der Waals surface area (Å²) in [6, 6.07) is 12.1. The number of carbonyl (C=O) groups is 2. The van der Waals surface area contributed by atoms with Crippen molar-refractivity contribution in [3.63, 3.8) is 0 Å². The topological polar surface area (TPSA) is 49.4 Å². The molecule has 0 unspecified atom stereocenters. The molecular formula is C22H23FN2O2. The average molecular weight is 366 g/mol. The van der Waals surface area contributed by atoms with E-state index in [0.29, 0.717) is 25.4 Å². The number of piperidine rings is 1. The molecule has 4 rings (SSSR count). The zero-order chi connectivity index (χ0) is 18.8. The van der Waals surface area contributed by atoms with Crippen LogP contribution in [0.2, 0.25) is 0 Å². The van der Waals surface area contributed by atoms with E-state index in [9.17, 15) is 14.0 Å². The Kier molecular flexibility index (Phi) is 4.92. The van der Waals surface area contributed by atoms with Crippen molar-refractivity contribution in [1.82, 2.24) is 4.90 Å². The number of ketones is 1. The molecule has 1 aliphatic heterocycles. The first-order chi connectivity index (χ1) is 13.1. The molecule has 1 fully saturated rings. The number of halogens is 1. The van der Waals surface area contributed by atoms with E-state index < -0.39 is 0 Å². The number of aryl methyl sites for hydroxylation is 1. The molecule has 5 heteroatoms. The molecule has 0 bridgehead atoms. The summed E-state index contributed by atoms with van der Waals surface area (Å²) in [5.74, 6) is 0.337. The summed E-state index contributed by atoms with van der Waals surface area (Å²) in [4.78, 5) is 26.3. The summed E-state index contributed by atoms with van der Waals surface area (Å²) >= 11 is 0. The number of nitrogens with one attached hydrogen (secondary N) is 1. The van der Waals surface area contributed by atoms with Crippen molar-refractivity contribution in [2.75, 3.05) is 18.4 Å². The minimum atomic E-state index is -0.220. The fourth-order valence-corrected chi connectivity index (χ4v) is 4.08. The number of fused-ring (bicyclic) bond motifs is 1. The fourth-order valence-electron chi connectivity index (χ4n) is 4.08. The number of Topliss-reactive ketones (excluding diaryl/α,β-unsaturated/α-hetero) is 1. The largest absolute Gasteiger partial charge is 0.324 e. The van der Waals surface area contributed by atoms with Gasteiger partial charge in [0.2, 0.25) is 0 Å². The molecule has 140 valence electrons. The predicted molar refractivity (Wildman–Crippen MR) is 103 cm³/mol. The van der Waals surface area contributed by atoms with Crippen molar-refractivity contribution in [2.45, 2.75) is 38.0 Å². The third-order valence-electron chi connectivity index (χ3n) is 5.63. The van der Waals surface area contributed by atoms with E-state index in [1.54, 1.807) is 0 Å². The highest BCUT2D eigenvalue weighted by molar-refractivity contribution is 5.99. The second-order valence-corrected chi connectivity index (χ2v) is 7.39. The van der Waals surface area contributed by atoms with Crippen molar-refractivity contribution in [1.29, 1.82) is 0 Å². The highest BCUT2D eigenvalue weighted by Crippen LogP contribution is 2.29. The molecule has 2 aromatic carbocycles. The summed E-state index contributed by atoms with van der Waals surface area (Å²) in [5, 5.41) is 2.96. The van der Waals surface area contributed by atoms with Gasteiger partial charge in [-0.05, 0) is 73.1 Å². The van der Waals surface area contributed by atoms with Crippen LogP contribution in [0.25, 0.3) is 0 Å². The molecule has 0 radical (unpaired) electrons. The molecule has 0 atom stereocenters. The fraction of sp³-hybridized carbons (Fsp3) is 0.364. The number of anilines is 1. The van der Waals surface area contributed by atoms with Gasteiger partial charge in [0.15, 0.2) is 5.78 Å². The molecule has 2 aromatic rings. The van der Waals surface area contributed by atoms with Gasteiger partial charge in [-0.3, -0.25) is 4.79 Å². The van der Waals surface area contributed by atoms with Crippen LogP contribution in [0.3, 0.4) is 0 Å². The van der Waals surface area contributed by atoms with Gasteiger partial charge in [0.1, 0.15) is 5.82 Å². The van der Waals surface area contributed by atoms with Crippen LogP contribution < -0.4 is 5.32 Å². The quantitative estimate of drug-likeness (QED) is 0.833. The summed E-state index contributed by atoms with van der Waals surface area (Å²) in [6.07, 6.45) is 4.12. The number of urea groups is 1. The van der Waals surface area contributed by atoms with E-state index in [1.807, 2.05) is 35.2 Å². The molecular weight excluding hydrogens is 343 g/mol. The van der Waals surface area contributed by atoms with Gasteiger partial charge in [0, 0.05) is 30.8 Å². The Hall–Kier alpha value is -2.69. The van der Waals surface area contributed by atoms with Crippen LogP contribution in [0.4, 0.5) is 14.9 Å². The standard InChI is InChI=1S/C22H23FN2O2/c23-18-6-4-15(5-7-18)16-10-12-25(13-11-16)22(27)24-19-8-9-20-17(14-19)2-1-3-21(20)26/h4-9,14,16H,1-3,10-13H2,(H,24,27). The first-order valence-electron chi connectivity index (χ1n) is 9.57. The molecule has 1 saturated heterocycles. The lowest BCUT2D eigenvalue weighted by atomic mass is 9.89. The monoisotopic (exact) mass is 366 g/mol. The Morgan fingerprint density at radius 2 is 1.78 bits per heavy atom. The molecule has 0 aromatic heterocycles. The van der Waals surface area contributed by atoms with Gasteiger partial charge in [-0.25, -0.2) is 9.18 Å². The summed E-state index contributed by atoms with van der Waals surface area (Å²) < 4.78 is 13.1. The Bertz CT molecular complexity index is 855. The van der Waals surface area contributed by atoms with Crippen LogP contribution in [-0.2, 0) is 6.42 Å². The zero-order valence-electron chi connectivity index (χ0n) is 15.2. The molecule has 1 aliphatic carbocycles. The number of amides is 2. The molecule has 2 aliphatic rings.